The van der Waals surface area contributed by atoms with E-state index in [4.69, 9.17) is 19.4 Å². The lowest BCUT2D eigenvalue weighted by molar-refractivity contribution is -0.129. The number of aliphatic hydroxyl groups is 4. The smallest absolute Gasteiger partial charge is 0.394 e. The molecule has 0 bridgehead atoms. The number of rotatable bonds is 8. The molecule has 19 nitrogen and oxygen atoms in total. The Balaban J connectivity index is 1.76. The van der Waals surface area contributed by atoms with Gasteiger partial charge >= 0.3 is 23.5 Å². The molecule has 0 spiro atoms. The van der Waals surface area contributed by atoms with Crippen LogP contribution in [0, 0.1) is 0 Å². The van der Waals surface area contributed by atoms with Gasteiger partial charge in [0.05, 0.1) is 12.9 Å². The Kier molecular flexibility index (Phi) is 7.11. The molecule has 8 N–H and O–H groups in total. The minimum Gasteiger partial charge on any atom is -0.394 e. The van der Waals surface area contributed by atoms with Crippen molar-refractivity contribution < 1.29 is 71.7 Å². The van der Waals surface area contributed by atoms with Crippen molar-refractivity contribution in [3.63, 3.8) is 0 Å². The first-order valence-electron chi connectivity index (χ1n) is 8.17. The van der Waals surface area contributed by atoms with Gasteiger partial charge in [0.15, 0.2) is 18.3 Å². The van der Waals surface area contributed by atoms with Crippen molar-refractivity contribution in [1.82, 2.24) is 14.6 Å². The third kappa shape index (κ3) is 5.51. The molecule has 0 saturated carbocycles. The standard InChI is InChI=1S/C10H17N4O15P3/c15-1-4-6(16)7(17)10(26-4)13-2-11-5-8(13)12-3-14(9(5)18)27-31(22,23)29-32(24,25)28-30(19,20)21/h2-4,6-7,9-10,15-18H,1H2,(H,22,23)(H,24,25)(H2,19,20,21)/t4-,6?,7?,9?,10-/m1/s1. The predicted octanol–water partition coefficient (Wildman–Crippen LogP) is -2.28. The first-order valence-corrected chi connectivity index (χ1v) is 12.7. The number of imidazole rings is 1. The number of phosphoric acid groups is 3. The molecule has 0 aromatic carbocycles. The van der Waals surface area contributed by atoms with Crippen LogP contribution >= 0.6 is 23.5 Å². The highest BCUT2D eigenvalue weighted by molar-refractivity contribution is 7.66. The SMILES string of the molecule is O=P(O)(O)OP(=O)(O)OP(=O)(O)ON1C=Nc2c(ncn2[C@@H]2O[C@H](CO)C(O)C2O)C1O. The maximum Gasteiger partial charge on any atom is 0.502 e. The summed E-state index contributed by atoms with van der Waals surface area (Å²) >= 11 is 0. The van der Waals surface area contributed by atoms with E-state index in [0.717, 1.165) is 10.9 Å². The van der Waals surface area contributed by atoms with Crippen molar-refractivity contribution in [1.29, 1.82) is 0 Å². The molecule has 3 rings (SSSR count). The Hall–Kier alpha value is -1.11. The summed E-state index contributed by atoms with van der Waals surface area (Å²) in [6, 6.07) is 0. The molecule has 1 saturated heterocycles. The number of hydrogen-bond donors (Lipinski definition) is 8. The molecule has 2 aliphatic heterocycles. The lowest BCUT2D eigenvalue weighted by Crippen LogP contribution is -2.33. The third-order valence-corrected chi connectivity index (χ3v) is 7.70. The van der Waals surface area contributed by atoms with Gasteiger partial charge in [0.2, 0.25) is 0 Å². The molecule has 0 aliphatic carbocycles. The molecule has 1 aromatic rings. The predicted molar refractivity (Wildman–Crippen MR) is 95.1 cm³/mol. The van der Waals surface area contributed by atoms with Gasteiger partial charge in [0, 0.05) is 0 Å². The van der Waals surface area contributed by atoms with Gasteiger partial charge < -0.3 is 44.7 Å². The molecule has 2 aliphatic rings. The van der Waals surface area contributed by atoms with Gasteiger partial charge in [0.25, 0.3) is 0 Å². The molecule has 3 heterocycles. The summed E-state index contributed by atoms with van der Waals surface area (Å²) in [6.45, 7) is -0.606. The molecule has 0 radical (unpaired) electrons. The number of ether oxygens (including phenoxy) is 1. The summed E-state index contributed by atoms with van der Waals surface area (Å²) in [6.07, 6.45) is -5.69. The van der Waals surface area contributed by atoms with Crippen molar-refractivity contribution in [2.45, 2.75) is 30.8 Å². The Morgan fingerprint density at radius 2 is 1.69 bits per heavy atom. The topological polar surface area (TPSA) is 283 Å². The second-order valence-electron chi connectivity index (χ2n) is 6.24. The van der Waals surface area contributed by atoms with Gasteiger partial charge in [-0.3, -0.25) is 4.57 Å². The van der Waals surface area contributed by atoms with E-state index in [1.165, 1.54) is 0 Å². The average Bonchev–Trinajstić information content (AvgIpc) is 3.16. The van der Waals surface area contributed by atoms with Crippen LogP contribution in [-0.4, -0.2) is 85.9 Å². The molecule has 22 heteroatoms. The molecular formula is C10H17N4O15P3. The van der Waals surface area contributed by atoms with Crippen LogP contribution in [0.5, 0.6) is 0 Å². The van der Waals surface area contributed by atoms with E-state index < -0.39 is 60.8 Å². The van der Waals surface area contributed by atoms with Gasteiger partial charge in [-0.25, -0.2) is 23.7 Å². The van der Waals surface area contributed by atoms with E-state index in [1.54, 1.807) is 0 Å². The Morgan fingerprint density at radius 1 is 1.03 bits per heavy atom. The molecule has 1 aromatic heterocycles. The summed E-state index contributed by atoms with van der Waals surface area (Å²) in [7, 11) is -17.0. The summed E-state index contributed by atoms with van der Waals surface area (Å²) < 4.78 is 51.8. The Morgan fingerprint density at radius 3 is 2.25 bits per heavy atom. The molecule has 7 atom stereocenters. The second kappa shape index (κ2) is 8.92. The second-order valence-corrected chi connectivity index (χ2v) is 10.6. The van der Waals surface area contributed by atoms with Crippen molar-refractivity contribution in [2.24, 2.45) is 4.99 Å². The van der Waals surface area contributed by atoms with Crippen LogP contribution in [0.15, 0.2) is 11.3 Å². The van der Waals surface area contributed by atoms with Gasteiger partial charge in [0.1, 0.15) is 30.3 Å². The Labute approximate surface area is 177 Å². The van der Waals surface area contributed by atoms with Crippen LogP contribution in [0.1, 0.15) is 18.1 Å². The van der Waals surface area contributed by atoms with Gasteiger partial charge in [-0.1, -0.05) is 0 Å². The van der Waals surface area contributed by atoms with Crippen LogP contribution in [0.3, 0.4) is 0 Å². The number of hydroxylamine groups is 2. The lowest BCUT2D eigenvalue weighted by atomic mass is 10.1. The molecule has 5 unspecified atom stereocenters. The maximum atomic E-state index is 11.9. The fraction of sp³-hybridized carbons (Fsp3) is 0.600. The van der Waals surface area contributed by atoms with Gasteiger partial charge in [-0.2, -0.15) is 18.3 Å². The zero-order valence-corrected chi connectivity index (χ0v) is 18.0. The summed E-state index contributed by atoms with van der Waals surface area (Å²) in [5.74, 6) is -0.154. The number of fused-ring (bicyclic) bond motifs is 1. The first-order chi connectivity index (χ1) is 14.6. The number of hydrogen-bond acceptors (Lipinski definition) is 14. The highest BCUT2D eigenvalue weighted by atomic mass is 31.3. The van der Waals surface area contributed by atoms with E-state index in [9.17, 15) is 39.0 Å². The molecule has 182 valence electrons. The van der Waals surface area contributed by atoms with E-state index in [1.807, 2.05) is 0 Å². The highest BCUT2D eigenvalue weighted by Gasteiger charge is 2.46. The van der Waals surface area contributed by atoms with Crippen LogP contribution in [0.25, 0.3) is 0 Å². The number of aliphatic imine (C=N–C) groups is 1. The first kappa shape index (κ1) is 25.5. The zero-order valence-electron chi connectivity index (χ0n) is 15.3. The van der Waals surface area contributed by atoms with Crippen LogP contribution in [-0.2, 0) is 31.7 Å². The summed E-state index contributed by atoms with van der Waals surface area (Å²) in [4.78, 5) is 43.3. The van der Waals surface area contributed by atoms with Gasteiger partial charge in [-0.15, -0.1) is 0 Å². The van der Waals surface area contributed by atoms with Crippen molar-refractivity contribution in [3.8, 4) is 0 Å². The molecule has 32 heavy (non-hydrogen) atoms. The summed E-state index contributed by atoms with van der Waals surface area (Å²) in [5, 5.41) is 39.6. The van der Waals surface area contributed by atoms with E-state index in [-0.39, 0.29) is 16.6 Å². The maximum absolute atomic E-state index is 11.9. The van der Waals surface area contributed by atoms with E-state index in [2.05, 4.69) is 23.2 Å². The highest BCUT2D eigenvalue weighted by Crippen LogP contribution is 2.66. The quantitative estimate of drug-likeness (QED) is 0.166. The zero-order chi connectivity index (χ0) is 24.1. The average molecular weight is 526 g/mol. The largest absolute Gasteiger partial charge is 0.502 e. The van der Waals surface area contributed by atoms with Crippen molar-refractivity contribution >= 4 is 35.6 Å². The van der Waals surface area contributed by atoms with Crippen LogP contribution in [0.4, 0.5) is 5.82 Å². The summed E-state index contributed by atoms with van der Waals surface area (Å²) in [5.41, 5.74) is -0.330. The van der Waals surface area contributed by atoms with Crippen molar-refractivity contribution in [2.75, 3.05) is 6.61 Å². The fourth-order valence-electron chi connectivity index (χ4n) is 2.75. The minimum atomic E-state index is -5.78. The Bertz CT molecular complexity index is 1030. The van der Waals surface area contributed by atoms with Crippen molar-refractivity contribution in [3.05, 3.63) is 12.0 Å². The monoisotopic (exact) mass is 526 g/mol. The van der Waals surface area contributed by atoms with Crippen LogP contribution in [0.2, 0.25) is 0 Å². The minimum absolute atomic E-state index is 0.154. The molecule has 1 fully saturated rings. The molecule has 0 amide bonds. The molecular weight excluding hydrogens is 509 g/mol. The van der Waals surface area contributed by atoms with E-state index >= 15 is 0 Å². The fourth-order valence-corrected chi connectivity index (χ4v) is 5.75. The number of aliphatic hydroxyl groups excluding tert-OH is 4. The van der Waals surface area contributed by atoms with Crippen LogP contribution < -0.4 is 0 Å². The number of nitrogens with zero attached hydrogens (tertiary/aromatic N) is 4. The van der Waals surface area contributed by atoms with E-state index in [0.29, 0.717) is 6.34 Å². The number of aromatic nitrogens is 2. The lowest BCUT2D eigenvalue weighted by Gasteiger charge is -2.28. The normalized spacial score (nSPS) is 31.9. The third-order valence-electron chi connectivity index (χ3n) is 3.98. The van der Waals surface area contributed by atoms with Gasteiger partial charge in [-0.05, 0) is 0 Å².